The lowest BCUT2D eigenvalue weighted by molar-refractivity contribution is -0.144. The Morgan fingerprint density at radius 1 is 1.32 bits per heavy atom. The molecule has 0 unspecified atom stereocenters. The van der Waals surface area contributed by atoms with Gasteiger partial charge >= 0.3 is 5.97 Å². The average Bonchev–Trinajstić information content (AvgIpc) is 2.47. The summed E-state index contributed by atoms with van der Waals surface area (Å²) in [6.45, 7) is 1.18. The van der Waals surface area contributed by atoms with E-state index in [1.807, 2.05) is 0 Å². The van der Waals surface area contributed by atoms with Crippen molar-refractivity contribution in [1.29, 1.82) is 0 Å². The van der Waals surface area contributed by atoms with Crippen molar-refractivity contribution in [2.24, 2.45) is 0 Å². The molecule has 0 atom stereocenters. The van der Waals surface area contributed by atoms with Gasteiger partial charge in [0.2, 0.25) is 15.9 Å². The number of aromatic nitrogens is 1. The van der Waals surface area contributed by atoms with Crippen molar-refractivity contribution in [2.45, 2.75) is 18.2 Å². The Hall–Kier alpha value is -2.00. The number of hydrogen-bond donors (Lipinski definition) is 1. The normalized spacial score (nSPS) is 11.4. The van der Waals surface area contributed by atoms with Gasteiger partial charge in [-0.2, -0.15) is 4.31 Å². The van der Waals surface area contributed by atoms with Gasteiger partial charge in [0, 0.05) is 26.0 Å². The summed E-state index contributed by atoms with van der Waals surface area (Å²) in [6.07, 6.45) is 3.22. The van der Waals surface area contributed by atoms with Gasteiger partial charge in [-0.05, 0) is 18.6 Å². The van der Waals surface area contributed by atoms with Crippen LogP contribution >= 0.6 is 0 Å². The molecule has 1 heterocycles. The van der Waals surface area contributed by atoms with E-state index < -0.39 is 35.0 Å². The van der Waals surface area contributed by atoms with Crippen molar-refractivity contribution in [3.63, 3.8) is 0 Å². The van der Waals surface area contributed by atoms with Crippen molar-refractivity contribution < 1.29 is 23.1 Å². The van der Waals surface area contributed by atoms with E-state index in [2.05, 4.69) is 4.98 Å². The highest BCUT2D eigenvalue weighted by Crippen LogP contribution is 2.12. The summed E-state index contributed by atoms with van der Waals surface area (Å²) in [5, 5.41) is 8.80. The molecule has 1 N–H and O–H groups in total. The van der Waals surface area contributed by atoms with Gasteiger partial charge in [-0.3, -0.25) is 14.6 Å². The molecule has 0 aliphatic rings. The Kier molecular flexibility index (Phi) is 6.44. The zero-order valence-electron chi connectivity index (χ0n) is 12.5. The van der Waals surface area contributed by atoms with Gasteiger partial charge in [-0.25, -0.2) is 8.42 Å². The highest BCUT2D eigenvalue weighted by molar-refractivity contribution is 7.89. The Balaban J connectivity index is 2.83. The van der Waals surface area contributed by atoms with Crippen LogP contribution in [0.3, 0.4) is 0 Å². The van der Waals surface area contributed by atoms with Crippen LogP contribution < -0.4 is 0 Å². The summed E-state index contributed by atoms with van der Waals surface area (Å²) in [4.78, 5) is 27.7. The number of carboxylic acids is 1. The van der Waals surface area contributed by atoms with Gasteiger partial charge < -0.3 is 10.0 Å². The highest BCUT2D eigenvalue weighted by Gasteiger charge is 2.25. The lowest BCUT2D eigenvalue weighted by Crippen LogP contribution is -2.43. The van der Waals surface area contributed by atoms with Crippen LogP contribution in [-0.2, 0) is 19.6 Å². The van der Waals surface area contributed by atoms with E-state index in [4.69, 9.17) is 5.11 Å². The van der Waals surface area contributed by atoms with Crippen molar-refractivity contribution in [3.05, 3.63) is 24.5 Å². The van der Waals surface area contributed by atoms with E-state index in [1.54, 1.807) is 6.92 Å². The molecule has 0 aromatic carbocycles. The molecule has 1 aromatic heterocycles. The van der Waals surface area contributed by atoms with Crippen LogP contribution in [-0.4, -0.2) is 66.3 Å². The van der Waals surface area contributed by atoms with Gasteiger partial charge in [0.05, 0.1) is 6.54 Å². The molecule has 1 aromatic rings. The minimum absolute atomic E-state index is 0.0226. The van der Waals surface area contributed by atoms with Gasteiger partial charge in [0.1, 0.15) is 11.4 Å². The first kappa shape index (κ1) is 18.1. The lowest BCUT2D eigenvalue weighted by Gasteiger charge is -2.23. The third-order valence-corrected chi connectivity index (χ3v) is 4.66. The van der Waals surface area contributed by atoms with Gasteiger partial charge in [0.15, 0.2) is 0 Å². The van der Waals surface area contributed by atoms with E-state index in [0.717, 1.165) is 9.21 Å². The third-order valence-electron chi connectivity index (χ3n) is 2.87. The molecule has 8 nitrogen and oxygen atoms in total. The molecule has 1 rings (SSSR count). The average molecular weight is 329 g/mol. The van der Waals surface area contributed by atoms with Crippen LogP contribution in [0.15, 0.2) is 29.4 Å². The number of likely N-dealkylation sites (N-methyl/N-ethyl adjacent to an activating group) is 1. The topological polar surface area (TPSA) is 108 Å². The highest BCUT2D eigenvalue weighted by atomic mass is 32.2. The first-order valence-corrected chi connectivity index (χ1v) is 8.09. The number of rotatable bonds is 8. The van der Waals surface area contributed by atoms with Crippen molar-refractivity contribution in [2.75, 3.05) is 26.7 Å². The van der Waals surface area contributed by atoms with E-state index in [9.17, 15) is 18.0 Å². The zero-order chi connectivity index (χ0) is 16.8. The van der Waals surface area contributed by atoms with Crippen LogP contribution in [0.2, 0.25) is 0 Å². The number of carbonyl (C=O) groups excluding carboxylic acids is 1. The number of carboxylic acid groups (broad SMARTS) is 1. The molecule has 0 saturated heterocycles. The van der Waals surface area contributed by atoms with Crippen molar-refractivity contribution in [1.82, 2.24) is 14.2 Å². The molecule has 0 aliphatic carbocycles. The smallest absolute Gasteiger partial charge is 0.323 e. The van der Waals surface area contributed by atoms with E-state index in [1.165, 1.54) is 31.6 Å². The summed E-state index contributed by atoms with van der Waals surface area (Å²) in [5.74, 6) is -1.70. The second-order valence-electron chi connectivity index (χ2n) is 4.66. The summed E-state index contributed by atoms with van der Waals surface area (Å²) >= 11 is 0. The van der Waals surface area contributed by atoms with Gasteiger partial charge in [-0.1, -0.05) is 6.92 Å². The fraction of sp³-hybridized carbons (Fsp3) is 0.462. The summed E-state index contributed by atoms with van der Waals surface area (Å²) in [5.41, 5.74) is 0. The van der Waals surface area contributed by atoms with Crippen molar-refractivity contribution in [3.8, 4) is 0 Å². The summed E-state index contributed by atoms with van der Waals surface area (Å²) in [6, 6.07) is 2.86. The standard InChI is InChI=1S/C13H19N3O5S/c1-3-7-16(10-13(18)19)12(17)9-15(2)22(20,21)11-5-4-6-14-8-11/h4-6,8H,3,7,9-10H2,1-2H3,(H,18,19). The van der Waals surface area contributed by atoms with Crippen LogP contribution in [0, 0.1) is 0 Å². The Bertz CT molecular complexity index is 618. The molecular weight excluding hydrogens is 310 g/mol. The molecule has 0 spiro atoms. The number of sulfonamides is 1. The Labute approximate surface area is 129 Å². The van der Waals surface area contributed by atoms with E-state index >= 15 is 0 Å². The molecule has 9 heteroatoms. The first-order valence-electron chi connectivity index (χ1n) is 6.65. The fourth-order valence-corrected chi connectivity index (χ4v) is 2.87. The first-order chi connectivity index (χ1) is 10.3. The fourth-order valence-electron chi connectivity index (χ4n) is 1.78. The van der Waals surface area contributed by atoms with Gasteiger partial charge in [-0.15, -0.1) is 0 Å². The molecule has 0 saturated carbocycles. The molecule has 1 amide bonds. The van der Waals surface area contributed by atoms with Crippen LogP contribution in [0.4, 0.5) is 0 Å². The largest absolute Gasteiger partial charge is 0.480 e. The van der Waals surface area contributed by atoms with E-state index in [0.29, 0.717) is 6.42 Å². The number of aliphatic carboxylic acids is 1. The maximum Gasteiger partial charge on any atom is 0.323 e. The van der Waals surface area contributed by atoms with Crippen LogP contribution in [0.25, 0.3) is 0 Å². The number of carbonyl (C=O) groups is 2. The number of nitrogens with zero attached hydrogens (tertiary/aromatic N) is 3. The SMILES string of the molecule is CCCN(CC(=O)O)C(=O)CN(C)S(=O)(=O)c1cccnc1. The second kappa shape index (κ2) is 7.85. The third kappa shape index (κ3) is 4.78. The maximum atomic E-state index is 12.3. The second-order valence-corrected chi connectivity index (χ2v) is 6.70. The number of pyridine rings is 1. The lowest BCUT2D eigenvalue weighted by atomic mass is 10.3. The minimum Gasteiger partial charge on any atom is -0.480 e. The molecular formula is C13H19N3O5S. The summed E-state index contributed by atoms with van der Waals surface area (Å²) in [7, 11) is -2.57. The zero-order valence-corrected chi connectivity index (χ0v) is 13.3. The summed E-state index contributed by atoms with van der Waals surface area (Å²) < 4.78 is 25.4. The molecule has 22 heavy (non-hydrogen) atoms. The molecule has 0 radical (unpaired) electrons. The van der Waals surface area contributed by atoms with Crippen LogP contribution in [0.1, 0.15) is 13.3 Å². The predicted molar refractivity (Wildman–Crippen MR) is 78.6 cm³/mol. The monoisotopic (exact) mass is 329 g/mol. The number of amides is 1. The molecule has 0 aliphatic heterocycles. The molecule has 122 valence electrons. The predicted octanol–water partition coefficient (Wildman–Crippen LogP) is 0.0253. The Morgan fingerprint density at radius 3 is 2.50 bits per heavy atom. The van der Waals surface area contributed by atoms with E-state index in [-0.39, 0.29) is 11.4 Å². The molecule has 0 fully saturated rings. The minimum atomic E-state index is -3.84. The number of hydrogen-bond acceptors (Lipinski definition) is 5. The maximum absolute atomic E-state index is 12.3. The Morgan fingerprint density at radius 2 is 2.00 bits per heavy atom. The van der Waals surface area contributed by atoms with Crippen LogP contribution in [0.5, 0.6) is 0 Å². The molecule has 0 bridgehead atoms. The van der Waals surface area contributed by atoms with Gasteiger partial charge in [0.25, 0.3) is 0 Å². The quantitative estimate of drug-likeness (QED) is 0.720. The van der Waals surface area contributed by atoms with Crippen molar-refractivity contribution >= 4 is 21.9 Å².